The third-order valence-electron chi connectivity index (χ3n) is 5.60. The first-order valence-electron chi connectivity index (χ1n) is 10.5. The van der Waals surface area contributed by atoms with Crippen molar-refractivity contribution in [3.05, 3.63) is 60.3 Å². The van der Waals surface area contributed by atoms with Gasteiger partial charge in [0.25, 0.3) is 0 Å². The molecule has 1 aliphatic rings. The number of rotatable bonds is 8. The van der Waals surface area contributed by atoms with Crippen LogP contribution in [0.25, 0.3) is 10.9 Å². The van der Waals surface area contributed by atoms with Gasteiger partial charge in [-0.05, 0) is 69.1 Å². The van der Waals surface area contributed by atoms with E-state index in [1.165, 1.54) is 0 Å². The molecule has 154 valence electrons. The van der Waals surface area contributed by atoms with Crippen LogP contribution in [0.4, 0.5) is 0 Å². The molecule has 1 saturated heterocycles. The fourth-order valence-corrected chi connectivity index (χ4v) is 4.00. The van der Waals surface area contributed by atoms with Crippen molar-refractivity contribution in [2.75, 3.05) is 32.8 Å². The third kappa shape index (κ3) is 5.31. The van der Waals surface area contributed by atoms with Gasteiger partial charge in [0, 0.05) is 23.1 Å². The number of H-pyrrole nitrogens is 1. The minimum atomic E-state index is -0.498. The molecule has 1 aliphatic heterocycles. The van der Waals surface area contributed by atoms with Gasteiger partial charge in [0.2, 0.25) is 0 Å². The van der Waals surface area contributed by atoms with Gasteiger partial charge in [-0.25, -0.2) is 0 Å². The van der Waals surface area contributed by atoms with E-state index in [2.05, 4.69) is 16.0 Å². The number of aliphatic hydroxyl groups excluding tert-OH is 1. The molecule has 2 heterocycles. The molecule has 5 nitrogen and oxygen atoms in total. The molecule has 0 spiro atoms. The molecule has 2 N–H and O–H groups in total. The molecule has 5 heteroatoms. The van der Waals surface area contributed by atoms with Crippen LogP contribution in [-0.2, 0) is 0 Å². The van der Waals surface area contributed by atoms with Crippen LogP contribution in [0.2, 0.25) is 0 Å². The summed E-state index contributed by atoms with van der Waals surface area (Å²) in [6.07, 6.45) is 1.70. The average molecular weight is 395 g/mol. The van der Waals surface area contributed by atoms with Crippen LogP contribution in [0.3, 0.4) is 0 Å². The number of aromatic amines is 1. The highest BCUT2D eigenvalue weighted by Gasteiger charge is 2.22. The molecule has 1 unspecified atom stereocenters. The lowest BCUT2D eigenvalue weighted by molar-refractivity contribution is 0.0507. The van der Waals surface area contributed by atoms with Crippen molar-refractivity contribution >= 4 is 10.9 Å². The van der Waals surface area contributed by atoms with Crippen molar-refractivity contribution in [2.45, 2.75) is 25.9 Å². The van der Waals surface area contributed by atoms with Gasteiger partial charge >= 0.3 is 0 Å². The summed E-state index contributed by atoms with van der Waals surface area (Å²) in [5.74, 6) is 2.34. The zero-order valence-corrected chi connectivity index (χ0v) is 17.0. The fraction of sp³-hybridized carbons (Fsp3) is 0.417. The van der Waals surface area contributed by atoms with Crippen LogP contribution in [0, 0.1) is 12.8 Å². The molecule has 0 bridgehead atoms. The number of nitrogens with one attached hydrogen (secondary N) is 1. The first-order valence-corrected chi connectivity index (χ1v) is 10.5. The Hall–Kier alpha value is -2.50. The second-order valence-corrected chi connectivity index (χ2v) is 8.00. The van der Waals surface area contributed by atoms with Crippen LogP contribution in [0.15, 0.2) is 54.6 Å². The molecule has 0 radical (unpaired) electrons. The Morgan fingerprint density at radius 3 is 2.66 bits per heavy atom. The molecule has 0 saturated carbocycles. The quantitative estimate of drug-likeness (QED) is 0.606. The number of benzene rings is 2. The van der Waals surface area contributed by atoms with E-state index in [0.29, 0.717) is 19.1 Å². The lowest BCUT2D eigenvalue weighted by Crippen LogP contribution is -2.41. The predicted octanol–water partition coefficient (Wildman–Crippen LogP) is 4.01. The lowest BCUT2D eigenvalue weighted by atomic mass is 9.97. The molecule has 0 amide bonds. The Balaban J connectivity index is 1.19. The van der Waals surface area contributed by atoms with E-state index in [4.69, 9.17) is 9.47 Å². The molecular weight excluding hydrogens is 364 g/mol. The number of aromatic nitrogens is 1. The third-order valence-corrected chi connectivity index (χ3v) is 5.60. The number of β-amino-alcohol motifs (C(OH)–C–C–N with tert-alkyl or cyclic N) is 1. The Morgan fingerprint density at radius 1 is 1.07 bits per heavy atom. The Kier molecular flexibility index (Phi) is 6.37. The van der Waals surface area contributed by atoms with Gasteiger partial charge < -0.3 is 24.5 Å². The topological polar surface area (TPSA) is 57.7 Å². The van der Waals surface area contributed by atoms with E-state index >= 15 is 0 Å². The number of hydrogen-bond donors (Lipinski definition) is 2. The molecule has 2 aromatic carbocycles. The van der Waals surface area contributed by atoms with Crippen LogP contribution < -0.4 is 9.47 Å². The number of piperidine rings is 1. The highest BCUT2D eigenvalue weighted by Crippen LogP contribution is 2.26. The van der Waals surface area contributed by atoms with Gasteiger partial charge in [-0.15, -0.1) is 0 Å². The predicted molar refractivity (Wildman–Crippen MR) is 116 cm³/mol. The summed E-state index contributed by atoms with van der Waals surface area (Å²) in [7, 11) is 0. The molecule has 1 fully saturated rings. The van der Waals surface area contributed by atoms with Gasteiger partial charge in [0.05, 0.1) is 6.61 Å². The van der Waals surface area contributed by atoms with Crippen LogP contribution >= 0.6 is 0 Å². The lowest BCUT2D eigenvalue weighted by Gasteiger charge is -2.33. The second-order valence-electron chi connectivity index (χ2n) is 8.00. The summed E-state index contributed by atoms with van der Waals surface area (Å²) in [6.45, 7) is 5.74. The summed E-state index contributed by atoms with van der Waals surface area (Å²) in [4.78, 5) is 5.64. The highest BCUT2D eigenvalue weighted by atomic mass is 16.5. The largest absolute Gasteiger partial charge is 0.493 e. The van der Waals surface area contributed by atoms with Crippen molar-refractivity contribution in [1.82, 2.24) is 9.88 Å². The van der Waals surface area contributed by atoms with E-state index in [1.54, 1.807) is 0 Å². The second kappa shape index (κ2) is 9.33. The van der Waals surface area contributed by atoms with E-state index < -0.39 is 6.10 Å². The van der Waals surface area contributed by atoms with Gasteiger partial charge in [-0.1, -0.05) is 24.3 Å². The maximum Gasteiger partial charge on any atom is 0.128 e. The van der Waals surface area contributed by atoms with Crippen LogP contribution in [0.1, 0.15) is 18.5 Å². The van der Waals surface area contributed by atoms with Crippen molar-refractivity contribution in [1.29, 1.82) is 0 Å². The molecular formula is C24H30N2O3. The number of hydrogen-bond acceptors (Lipinski definition) is 4. The van der Waals surface area contributed by atoms with Gasteiger partial charge in [0.1, 0.15) is 24.2 Å². The number of fused-ring (bicyclic) bond motifs is 1. The van der Waals surface area contributed by atoms with E-state index in [9.17, 15) is 5.11 Å². The maximum atomic E-state index is 10.5. The Morgan fingerprint density at radius 2 is 1.86 bits per heavy atom. The van der Waals surface area contributed by atoms with Gasteiger partial charge in [-0.3, -0.25) is 0 Å². The summed E-state index contributed by atoms with van der Waals surface area (Å²) in [6, 6.07) is 18.1. The first kappa shape index (κ1) is 19.8. The highest BCUT2D eigenvalue weighted by molar-refractivity contribution is 5.86. The number of aliphatic hydroxyl groups is 1. The smallest absolute Gasteiger partial charge is 0.128 e. The zero-order chi connectivity index (χ0) is 20.1. The molecule has 1 atom stereocenters. The van der Waals surface area contributed by atoms with Crippen molar-refractivity contribution in [2.24, 2.45) is 5.92 Å². The fourth-order valence-electron chi connectivity index (χ4n) is 4.00. The van der Waals surface area contributed by atoms with Crippen molar-refractivity contribution < 1.29 is 14.6 Å². The number of para-hydroxylation sites is 1. The molecule has 3 aromatic rings. The molecule has 0 aliphatic carbocycles. The molecule has 29 heavy (non-hydrogen) atoms. The SMILES string of the molecule is Cc1cc2c(OCC(O)CN3CCC(COc4ccccc4)CC3)cccc2[nH]1. The minimum Gasteiger partial charge on any atom is -0.493 e. The minimum absolute atomic E-state index is 0.306. The van der Waals surface area contributed by atoms with Crippen LogP contribution in [0.5, 0.6) is 11.5 Å². The van der Waals surface area contributed by atoms with Gasteiger partial charge in [0.15, 0.2) is 0 Å². The normalized spacial score (nSPS) is 16.8. The van der Waals surface area contributed by atoms with E-state index in [1.807, 2.05) is 55.5 Å². The monoisotopic (exact) mass is 394 g/mol. The summed E-state index contributed by atoms with van der Waals surface area (Å²) in [5.41, 5.74) is 2.17. The van der Waals surface area contributed by atoms with Crippen molar-refractivity contribution in [3.63, 3.8) is 0 Å². The van der Waals surface area contributed by atoms with E-state index in [0.717, 1.165) is 60.6 Å². The number of ether oxygens (including phenoxy) is 2. The van der Waals surface area contributed by atoms with E-state index in [-0.39, 0.29) is 0 Å². The van der Waals surface area contributed by atoms with Crippen LogP contribution in [-0.4, -0.2) is 53.9 Å². The summed E-state index contributed by atoms with van der Waals surface area (Å²) >= 11 is 0. The Labute approximate surface area is 172 Å². The molecule has 4 rings (SSSR count). The Bertz CT molecular complexity index is 901. The molecule has 1 aromatic heterocycles. The average Bonchev–Trinajstić information content (AvgIpc) is 3.13. The standard InChI is InChI=1S/C24H30N2O3/c1-18-14-22-23(25-18)8-5-9-24(22)29-17-20(27)15-26-12-10-19(11-13-26)16-28-21-6-3-2-4-7-21/h2-9,14,19-20,25,27H,10-13,15-17H2,1H3. The van der Waals surface area contributed by atoms with Gasteiger partial charge in [-0.2, -0.15) is 0 Å². The number of nitrogens with zero attached hydrogens (tertiary/aromatic N) is 1. The number of likely N-dealkylation sites (tertiary alicyclic amines) is 1. The van der Waals surface area contributed by atoms with Crippen molar-refractivity contribution in [3.8, 4) is 11.5 Å². The zero-order valence-electron chi connectivity index (χ0n) is 17.0. The first-order chi connectivity index (χ1) is 14.2. The summed E-state index contributed by atoms with van der Waals surface area (Å²) in [5, 5.41) is 11.5. The maximum absolute atomic E-state index is 10.5. The number of aryl methyl sites for hydroxylation is 1. The summed E-state index contributed by atoms with van der Waals surface area (Å²) < 4.78 is 11.8.